The zero-order chi connectivity index (χ0) is 11.2. The van der Waals surface area contributed by atoms with Gasteiger partial charge < -0.3 is 15.3 Å². The lowest BCUT2D eigenvalue weighted by Gasteiger charge is -2.33. The van der Waals surface area contributed by atoms with Crippen LogP contribution in [0.4, 0.5) is 4.79 Å². The second-order valence-electron chi connectivity index (χ2n) is 4.68. The minimum Gasteiger partial charge on any atom is -0.481 e. The Balaban J connectivity index is 1.98. The van der Waals surface area contributed by atoms with E-state index in [1.165, 1.54) is 0 Å². The molecule has 3 atom stereocenters. The molecular weight excluding hydrogens is 196 g/mol. The van der Waals surface area contributed by atoms with Crippen molar-refractivity contribution in [3.05, 3.63) is 0 Å². The van der Waals surface area contributed by atoms with Gasteiger partial charge in [0.15, 0.2) is 0 Å². The maximum absolute atomic E-state index is 11.7. The first-order chi connectivity index (χ1) is 7.00. The summed E-state index contributed by atoms with van der Waals surface area (Å²) < 4.78 is 0. The zero-order valence-electron chi connectivity index (χ0n) is 8.93. The molecular formula is C10H16N2O3. The van der Waals surface area contributed by atoms with Gasteiger partial charge in [-0.15, -0.1) is 0 Å². The molecule has 2 N–H and O–H groups in total. The molecule has 1 aliphatic carbocycles. The highest BCUT2D eigenvalue weighted by Gasteiger charge is 2.57. The van der Waals surface area contributed by atoms with Gasteiger partial charge in [-0.25, -0.2) is 4.79 Å². The van der Waals surface area contributed by atoms with E-state index in [1.54, 1.807) is 4.90 Å². The first-order valence-corrected chi connectivity index (χ1v) is 5.30. The summed E-state index contributed by atoms with van der Waals surface area (Å²) >= 11 is 0. The molecule has 0 aromatic rings. The molecule has 0 radical (unpaired) electrons. The van der Waals surface area contributed by atoms with Crippen molar-refractivity contribution in [3.63, 3.8) is 0 Å². The summed E-state index contributed by atoms with van der Waals surface area (Å²) in [6, 6.07) is -0.105. The van der Waals surface area contributed by atoms with Crippen molar-refractivity contribution in [2.24, 2.45) is 11.8 Å². The number of carbonyl (C=O) groups is 2. The minimum atomic E-state index is -0.768. The topological polar surface area (TPSA) is 69.6 Å². The third-order valence-corrected chi connectivity index (χ3v) is 3.26. The van der Waals surface area contributed by atoms with Gasteiger partial charge in [-0.3, -0.25) is 4.79 Å². The average Bonchev–Trinajstić information content (AvgIpc) is 2.56. The van der Waals surface area contributed by atoms with Crippen LogP contribution in [0.1, 0.15) is 20.3 Å². The van der Waals surface area contributed by atoms with Crippen molar-refractivity contribution in [1.82, 2.24) is 10.2 Å². The number of amides is 2. The third kappa shape index (κ3) is 1.56. The van der Waals surface area contributed by atoms with Crippen LogP contribution in [-0.4, -0.2) is 40.6 Å². The lowest BCUT2D eigenvalue weighted by molar-refractivity contribution is -0.147. The average molecular weight is 212 g/mol. The number of nitrogens with zero attached hydrogens (tertiary/aromatic N) is 1. The molecule has 0 spiro atoms. The van der Waals surface area contributed by atoms with Crippen LogP contribution in [0, 0.1) is 11.8 Å². The van der Waals surface area contributed by atoms with Crippen LogP contribution >= 0.6 is 0 Å². The molecule has 5 nitrogen and oxygen atoms in total. The maximum Gasteiger partial charge on any atom is 0.317 e. The van der Waals surface area contributed by atoms with Crippen LogP contribution in [0.25, 0.3) is 0 Å². The van der Waals surface area contributed by atoms with E-state index in [1.807, 2.05) is 13.8 Å². The largest absolute Gasteiger partial charge is 0.481 e. The second-order valence-corrected chi connectivity index (χ2v) is 4.68. The molecule has 84 valence electrons. The summed E-state index contributed by atoms with van der Waals surface area (Å²) in [5, 5.41) is 11.7. The number of urea groups is 1. The number of nitrogens with one attached hydrogen (secondary N) is 1. The fourth-order valence-corrected chi connectivity index (χ4v) is 2.55. The first kappa shape index (κ1) is 10.3. The number of aliphatic carboxylic acids is 1. The van der Waals surface area contributed by atoms with E-state index >= 15 is 0 Å². The van der Waals surface area contributed by atoms with Crippen LogP contribution in [-0.2, 0) is 4.79 Å². The molecule has 0 aromatic heterocycles. The van der Waals surface area contributed by atoms with E-state index in [-0.39, 0.29) is 30.0 Å². The zero-order valence-corrected chi connectivity index (χ0v) is 8.93. The quantitative estimate of drug-likeness (QED) is 0.700. The summed E-state index contributed by atoms with van der Waals surface area (Å²) in [7, 11) is 0. The molecule has 15 heavy (non-hydrogen) atoms. The molecule has 2 aliphatic heterocycles. The van der Waals surface area contributed by atoms with E-state index < -0.39 is 5.97 Å². The smallest absolute Gasteiger partial charge is 0.317 e. The fraction of sp³-hybridized carbons (Fsp3) is 0.800. The highest BCUT2D eigenvalue weighted by atomic mass is 16.4. The molecule has 3 aliphatic rings. The summed E-state index contributed by atoms with van der Waals surface area (Å²) in [6.45, 7) is 4.39. The highest BCUT2D eigenvalue weighted by Crippen LogP contribution is 2.46. The van der Waals surface area contributed by atoms with E-state index in [0.29, 0.717) is 6.54 Å². The molecule has 3 fully saturated rings. The van der Waals surface area contributed by atoms with Gasteiger partial charge in [-0.2, -0.15) is 0 Å². The molecule has 5 heteroatoms. The lowest BCUT2D eigenvalue weighted by Crippen LogP contribution is -2.49. The van der Waals surface area contributed by atoms with Crippen LogP contribution in [0.3, 0.4) is 0 Å². The fourth-order valence-electron chi connectivity index (χ4n) is 2.55. The van der Waals surface area contributed by atoms with Gasteiger partial charge in [0.1, 0.15) is 0 Å². The first-order valence-electron chi connectivity index (χ1n) is 5.30. The number of hydrogen-bond donors (Lipinski definition) is 2. The van der Waals surface area contributed by atoms with Gasteiger partial charge in [0.25, 0.3) is 0 Å². The van der Waals surface area contributed by atoms with Gasteiger partial charge in [-0.05, 0) is 26.2 Å². The molecule has 3 unspecified atom stereocenters. The Labute approximate surface area is 88.4 Å². The van der Waals surface area contributed by atoms with E-state index in [2.05, 4.69) is 5.32 Å². The molecule has 1 saturated carbocycles. The van der Waals surface area contributed by atoms with E-state index in [0.717, 1.165) is 6.42 Å². The van der Waals surface area contributed by atoms with Crippen LogP contribution < -0.4 is 5.32 Å². The van der Waals surface area contributed by atoms with Crippen molar-refractivity contribution >= 4 is 12.0 Å². The van der Waals surface area contributed by atoms with Crippen LogP contribution in [0.5, 0.6) is 0 Å². The number of fused-ring (bicyclic) bond motifs is 1. The predicted octanol–water partition coefficient (Wildman–Crippen LogP) is 0.509. The number of carboxylic acid groups (broad SMARTS) is 1. The third-order valence-electron chi connectivity index (χ3n) is 3.26. The Morgan fingerprint density at radius 2 is 2.13 bits per heavy atom. The molecule has 2 bridgehead atoms. The number of carboxylic acids is 1. The maximum atomic E-state index is 11.7. The van der Waals surface area contributed by atoms with Crippen LogP contribution in [0.15, 0.2) is 0 Å². The molecule has 0 aromatic carbocycles. The Hall–Kier alpha value is -1.26. The van der Waals surface area contributed by atoms with E-state index in [4.69, 9.17) is 5.11 Å². The summed E-state index contributed by atoms with van der Waals surface area (Å²) in [5.41, 5.74) is 0. The number of rotatable bonds is 2. The number of carbonyl (C=O) groups excluding carboxylic acids is 1. The highest BCUT2D eigenvalue weighted by molar-refractivity contribution is 5.80. The Kier molecular flexibility index (Phi) is 2.32. The van der Waals surface area contributed by atoms with Gasteiger partial charge in [0.05, 0.1) is 5.92 Å². The molecule has 3 rings (SSSR count). The van der Waals surface area contributed by atoms with Crippen LogP contribution in [0.2, 0.25) is 0 Å². The molecule has 2 saturated heterocycles. The van der Waals surface area contributed by atoms with Crippen molar-refractivity contribution < 1.29 is 14.7 Å². The van der Waals surface area contributed by atoms with Gasteiger partial charge in [0.2, 0.25) is 0 Å². The van der Waals surface area contributed by atoms with Crippen molar-refractivity contribution in [2.75, 3.05) is 6.54 Å². The summed E-state index contributed by atoms with van der Waals surface area (Å²) in [5.74, 6) is -0.926. The molecule has 2 amide bonds. The molecule has 2 heterocycles. The van der Waals surface area contributed by atoms with Gasteiger partial charge in [-0.1, -0.05) is 0 Å². The van der Waals surface area contributed by atoms with Crippen molar-refractivity contribution in [1.29, 1.82) is 0 Å². The van der Waals surface area contributed by atoms with Gasteiger partial charge in [0, 0.05) is 18.6 Å². The minimum absolute atomic E-state index is 0.0775. The Morgan fingerprint density at radius 1 is 1.47 bits per heavy atom. The van der Waals surface area contributed by atoms with Crippen molar-refractivity contribution in [3.8, 4) is 0 Å². The summed E-state index contributed by atoms with van der Waals surface area (Å²) in [6.07, 6.45) is 0.850. The Morgan fingerprint density at radius 3 is 2.60 bits per heavy atom. The van der Waals surface area contributed by atoms with Crippen molar-refractivity contribution in [2.45, 2.75) is 32.4 Å². The predicted molar refractivity (Wildman–Crippen MR) is 53.4 cm³/mol. The SMILES string of the molecule is CC(C)NC(=O)N1CC2CC1C2C(=O)O. The monoisotopic (exact) mass is 212 g/mol. The van der Waals surface area contributed by atoms with E-state index in [9.17, 15) is 9.59 Å². The Bertz CT molecular complexity index is 303. The number of hydrogen-bond acceptors (Lipinski definition) is 2. The second kappa shape index (κ2) is 3.40. The summed E-state index contributed by atoms with van der Waals surface area (Å²) in [4.78, 5) is 24.2. The van der Waals surface area contributed by atoms with Gasteiger partial charge >= 0.3 is 12.0 Å². The standard InChI is InChI=1S/C10H16N2O3/c1-5(2)11-10(15)12-4-6-3-7(12)8(6)9(13)14/h5-8H,3-4H2,1-2H3,(H,11,15)(H,13,14). The normalized spacial score (nSPS) is 32.7. The lowest BCUT2D eigenvalue weighted by atomic mass is 9.74.